The second-order valence-electron chi connectivity index (χ2n) is 7.27. The fourth-order valence-electron chi connectivity index (χ4n) is 5.41. The molecule has 0 aromatic rings. The van der Waals surface area contributed by atoms with Crippen LogP contribution in [0.25, 0.3) is 0 Å². The zero-order valence-corrected chi connectivity index (χ0v) is 11.8. The third-order valence-corrected chi connectivity index (χ3v) is 6.32. The predicted octanol–water partition coefficient (Wildman–Crippen LogP) is 3.59. The highest BCUT2D eigenvalue weighted by Gasteiger charge is 2.56. The molecule has 3 rings (SSSR count). The van der Waals surface area contributed by atoms with E-state index in [2.05, 4.69) is 13.8 Å². The van der Waals surface area contributed by atoms with E-state index in [1.165, 1.54) is 44.8 Å². The molecule has 0 aromatic heterocycles. The summed E-state index contributed by atoms with van der Waals surface area (Å²) < 4.78 is 6.01. The smallest absolute Gasteiger partial charge is 0.126 e. The Hall–Kier alpha value is -0.370. The van der Waals surface area contributed by atoms with Gasteiger partial charge in [-0.1, -0.05) is 20.3 Å². The van der Waals surface area contributed by atoms with Crippen molar-refractivity contribution in [3.05, 3.63) is 0 Å². The first-order valence-corrected chi connectivity index (χ1v) is 7.68. The van der Waals surface area contributed by atoms with Crippen molar-refractivity contribution in [1.82, 2.24) is 0 Å². The largest absolute Gasteiger partial charge is 0.378 e. The monoisotopic (exact) mass is 250 g/mol. The van der Waals surface area contributed by atoms with Crippen LogP contribution >= 0.6 is 0 Å². The molecule has 1 heterocycles. The van der Waals surface area contributed by atoms with E-state index in [0.717, 1.165) is 13.0 Å². The van der Waals surface area contributed by atoms with Crippen LogP contribution in [0.1, 0.15) is 58.8 Å². The molecule has 0 radical (unpaired) electrons. The number of hydrogen-bond acceptors (Lipinski definition) is 2. The van der Waals surface area contributed by atoms with Gasteiger partial charge in [0.05, 0.1) is 6.10 Å². The molecule has 102 valence electrons. The van der Waals surface area contributed by atoms with Gasteiger partial charge < -0.3 is 9.53 Å². The van der Waals surface area contributed by atoms with E-state index in [4.69, 9.17) is 4.74 Å². The first-order valence-electron chi connectivity index (χ1n) is 7.68. The number of fused-ring (bicyclic) bond motifs is 3. The molecule has 0 aromatic carbocycles. The summed E-state index contributed by atoms with van der Waals surface area (Å²) in [6.07, 6.45) is 10.2. The second-order valence-corrected chi connectivity index (χ2v) is 7.27. The predicted molar refractivity (Wildman–Crippen MR) is 71.3 cm³/mol. The van der Waals surface area contributed by atoms with Crippen molar-refractivity contribution in [1.29, 1.82) is 0 Å². The summed E-state index contributed by atoms with van der Waals surface area (Å²) in [5.41, 5.74) is 0.270. The summed E-state index contributed by atoms with van der Waals surface area (Å²) in [5.74, 6) is 1.28. The fraction of sp³-hybridized carbons (Fsp3) is 0.938. The maximum Gasteiger partial charge on any atom is 0.126 e. The zero-order valence-electron chi connectivity index (χ0n) is 11.8. The lowest BCUT2D eigenvalue weighted by Gasteiger charge is -2.59. The lowest BCUT2D eigenvalue weighted by atomic mass is 9.47. The first kappa shape index (κ1) is 12.7. The molecule has 0 spiro atoms. The Morgan fingerprint density at radius 1 is 1.11 bits per heavy atom. The lowest BCUT2D eigenvalue weighted by Crippen LogP contribution is -2.56. The molecule has 0 bridgehead atoms. The van der Waals surface area contributed by atoms with Crippen LogP contribution in [0.5, 0.6) is 0 Å². The lowest BCUT2D eigenvalue weighted by molar-refractivity contribution is -0.168. The Morgan fingerprint density at radius 3 is 2.72 bits per heavy atom. The van der Waals surface area contributed by atoms with Crippen LogP contribution in [0.15, 0.2) is 0 Å². The summed E-state index contributed by atoms with van der Waals surface area (Å²) in [7, 11) is 0. The van der Waals surface area contributed by atoms with Crippen molar-refractivity contribution in [2.45, 2.75) is 64.9 Å². The van der Waals surface area contributed by atoms with Crippen LogP contribution in [-0.2, 0) is 9.53 Å². The van der Waals surface area contributed by atoms with Gasteiger partial charge in [-0.3, -0.25) is 0 Å². The summed E-state index contributed by atoms with van der Waals surface area (Å²) in [6.45, 7) is 5.60. The second kappa shape index (κ2) is 4.33. The average Bonchev–Trinajstić information content (AvgIpc) is 2.39. The normalized spacial score (nSPS) is 52.2. The number of carbonyl (C=O) groups excluding carboxylic acids is 1. The molecule has 2 heteroatoms. The molecule has 2 aliphatic carbocycles. The molecule has 3 fully saturated rings. The molecule has 0 N–H and O–H groups in total. The van der Waals surface area contributed by atoms with Crippen LogP contribution in [0.4, 0.5) is 0 Å². The van der Waals surface area contributed by atoms with E-state index in [9.17, 15) is 4.79 Å². The molecule has 0 unspecified atom stereocenters. The Kier molecular flexibility index (Phi) is 3.04. The number of ether oxygens (including phenoxy) is 1. The highest BCUT2D eigenvalue weighted by Crippen LogP contribution is 2.61. The topological polar surface area (TPSA) is 26.3 Å². The van der Waals surface area contributed by atoms with Crippen LogP contribution in [0.2, 0.25) is 0 Å². The molecule has 2 saturated carbocycles. The molecule has 5 atom stereocenters. The summed E-state index contributed by atoms with van der Waals surface area (Å²) in [5, 5.41) is 0. The first-order chi connectivity index (χ1) is 8.60. The number of hydrogen-bond donors (Lipinski definition) is 0. The summed E-state index contributed by atoms with van der Waals surface area (Å²) in [6, 6.07) is 0. The van der Waals surface area contributed by atoms with Gasteiger partial charge in [0.2, 0.25) is 0 Å². The van der Waals surface area contributed by atoms with E-state index < -0.39 is 0 Å². The van der Waals surface area contributed by atoms with E-state index in [0.29, 0.717) is 23.4 Å². The van der Waals surface area contributed by atoms with E-state index >= 15 is 0 Å². The molecule has 18 heavy (non-hydrogen) atoms. The van der Waals surface area contributed by atoms with Crippen LogP contribution in [-0.4, -0.2) is 19.0 Å². The van der Waals surface area contributed by atoms with Crippen molar-refractivity contribution in [3.63, 3.8) is 0 Å². The Morgan fingerprint density at radius 2 is 1.94 bits per heavy atom. The van der Waals surface area contributed by atoms with Gasteiger partial charge in [0, 0.05) is 12.0 Å². The van der Waals surface area contributed by atoms with Gasteiger partial charge in [-0.15, -0.1) is 0 Å². The fourth-order valence-corrected chi connectivity index (χ4v) is 5.41. The molecular formula is C16H26O2. The molecular weight excluding hydrogens is 224 g/mol. The minimum absolute atomic E-state index is 0.0740. The quantitative estimate of drug-likeness (QED) is 0.665. The van der Waals surface area contributed by atoms with Gasteiger partial charge >= 0.3 is 0 Å². The third kappa shape index (κ3) is 1.68. The van der Waals surface area contributed by atoms with Gasteiger partial charge in [0.1, 0.15) is 6.29 Å². The van der Waals surface area contributed by atoms with Crippen LogP contribution in [0, 0.1) is 22.7 Å². The SMILES string of the molecule is C[C@@]12CCC[C@@](C)(C=O)[C@H]1CC[C@H]1OCCC[C@H]12. The maximum atomic E-state index is 11.6. The summed E-state index contributed by atoms with van der Waals surface area (Å²) >= 11 is 0. The number of aldehydes is 1. The Balaban J connectivity index is 1.93. The molecule has 1 aliphatic heterocycles. The van der Waals surface area contributed by atoms with E-state index in [1.54, 1.807) is 0 Å². The number of carbonyl (C=O) groups is 1. The average molecular weight is 250 g/mol. The van der Waals surface area contributed by atoms with Crippen molar-refractivity contribution in [2.75, 3.05) is 6.61 Å². The highest BCUT2D eigenvalue weighted by atomic mass is 16.5. The van der Waals surface area contributed by atoms with Crippen LogP contribution in [0.3, 0.4) is 0 Å². The number of rotatable bonds is 1. The minimum Gasteiger partial charge on any atom is -0.378 e. The van der Waals surface area contributed by atoms with Crippen molar-refractivity contribution < 1.29 is 9.53 Å². The van der Waals surface area contributed by atoms with Gasteiger partial charge in [-0.05, 0) is 55.8 Å². The minimum atomic E-state index is -0.0740. The van der Waals surface area contributed by atoms with Gasteiger partial charge in [-0.25, -0.2) is 0 Å². The standard InChI is InChI=1S/C16H26O2/c1-15(11-17)8-4-9-16(2)12-5-3-10-18-13(12)6-7-14(15)16/h11-14H,3-10H2,1-2H3/t12-,13-,14-,15+,16+/m1/s1. The van der Waals surface area contributed by atoms with Gasteiger partial charge in [-0.2, -0.15) is 0 Å². The third-order valence-electron chi connectivity index (χ3n) is 6.32. The van der Waals surface area contributed by atoms with Crippen LogP contribution < -0.4 is 0 Å². The van der Waals surface area contributed by atoms with Gasteiger partial charge in [0.25, 0.3) is 0 Å². The molecule has 1 saturated heterocycles. The Bertz CT molecular complexity index is 340. The van der Waals surface area contributed by atoms with Crippen molar-refractivity contribution >= 4 is 6.29 Å². The summed E-state index contributed by atoms with van der Waals surface area (Å²) in [4.78, 5) is 11.6. The Labute approximate surface area is 110 Å². The highest BCUT2D eigenvalue weighted by molar-refractivity contribution is 5.60. The zero-order chi connectivity index (χ0) is 12.8. The van der Waals surface area contributed by atoms with Crippen molar-refractivity contribution in [2.24, 2.45) is 22.7 Å². The maximum absolute atomic E-state index is 11.6. The van der Waals surface area contributed by atoms with Crippen molar-refractivity contribution in [3.8, 4) is 0 Å². The van der Waals surface area contributed by atoms with E-state index in [-0.39, 0.29) is 5.41 Å². The molecule has 3 aliphatic rings. The molecule has 0 amide bonds. The van der Waals surface area contributed by atoms with Gasteiger partial charge in [0.15, 0.2) is 0 Å². The molecule has 2 nitrogen and oxygen atoms in total. The van der Waals surface area contributed by atoms with E-state index in [1.807, 2.05) is 0 Å².